The monoisotopic (exact) mass is 338 g/mol. The maximum atomic E-state index is 12.8. The minimum absolute atomic E-state index is 0.0360. The highest BCUT2D eigenvalue weighted by molar-refractivity contribution is 5.90. The van der Waals surface area contributed by atoms with E-state index in [4.69, 9.17) is 14.2 Å². The van der Waals surface area contributed by atoms with Gasteiger partial charge in [0, 0.05) is 26.6 Å². The molecular weight excluding hydrogens is 312 g/mol. The summed E-state index contributed by atoms with van der Waals surface area (Å²) in [6.45, 7) is 1.69. The van der Waals surface area contributed by atoms with Crippen molar-refractivity contribution in [3.8, 4) is 5.88 Å². The predicted molar refractivity (Wildman–Crippen MR) is 88.2 cm³/mol. The molecule has 2 amide bonds. The molecule has 1 saturated carbocycles. The van der Waals surface area contributed by atoms with E-state index < -0.39 is 0 Å². The van der Waals surface area contributed by atoms with Gasteiger partial charge in [0.25, 0.3) is 5.88 Å². The van der Waals surface area contributed by atoms with E-state index in [0.29, 0.717) is 37.2 Å². The van der Waals surface area contributed by atoms with E-state index in [1.807, 2.05) is 4.90 Å². The summed E-state index contributed by atoms with van der Waals surface area (Å²) in [4.78, 5) is 14.7. The van der Waals surface area contributed by atoms with Gasteiger partial charge in [-0.25, -0.2) is 4.79 Å². The van der Waals surface area contributed by atoms with Crippen molar-refractivity contribution >= 4 is 11.7 Å². The molecule has 8 nitrogen and oxygen atoms in total. The van der Waals surface area contributed by atoms with Crippen molar-refractivity contribution < 1.29 is 19.0 Å². The Morgan fingerprint density at radius 3 is 3.00 bits per heavy atom. The van der Waals surface area contributed by atoms with Crippen LogP contribution in [0.15, 0.2) is 6.20 Å². The first-order valence-electron chi connectivity index (χ1n) is 8.39. The molecule has 0 bridgehead atoms. The number of hydrogen-bond acceptors (Lipinski definition) is 5. The van der Waals surface area contributed by atoms with Gasteiger partial charge in [0.05, 0.1) is 38.7 Å². The van der Waals surface area contributed by atoms with Crippen LogP contribution in [0.1, 0.15) is 19.3 Å². The number of amides is 2. The molecule has 1 saturated heterocycles. The molecule has 0 aromatic carbocycles. The largest absolute Gasteiger partial charge is 0.478 e. The number of hydrogen-bond donors (Lipinski definition) is 1. The zero-order chi connectivity index (χ0) is 17.1. The number of aromatic nitrogens is 2. The molecule has 2 fully saturated rings. The van der Waals surface area contributed by atoms with Gasteiger partial charge in [0.15, 0.2) is 0 Å². The molecule has 1 aliphatic heterocycles. The molecule has 1 N–H and O–H groups in total. The molecule has 3 atom stereocenters. The highest BCUT2D eigenvalue weighted by Crippen LogP contribution is 2.34. The maximum absolute atomic E-state index is 12.8. The number of methoxy groups -OCH3 is 2. The number of nitrogens with zero attached hydrogens (tertiary/aromatic N) is 3. The summed E-state index contributed by atoms with van der Waals surface area (Å²) in [5.41, 5.74) is 0.574. The van der Waals surface area contributed by atoms with Gasteiger partial charge in [0.2, 0.25) is 0 Å². The number of carbonyl (C=O) groups excluding carboxylic acids is 1. The van der Waals surface area contributed by atoms with Gasteiger partial charge in [0.1, 0.15) is 5.69 Å². The minimum Gasteiger partial charge on any atom is -0.478 e. The van der Waals surface area contributed by atoms with Gasteiger partial charge < -0.3 is 24.4 Å². The number of aryl methyl sites for hydroxylation is 1. The molecule has 0 spiro atoms. The number of urea groups is 1. The van der Waals surface area contributed by atoms with Gasteiger partial charge in [-0.05, 0) is 12.8 Å². The topological polar surface area (TPSA) is 77.9 Å². The standard InChI is InChI=1S/C16H26N4O4/c1-19-9-12(15(18-19)23-3)17-16(21)20-7-8-24-10-13(20)11-5-4-6-14(11)22-2/h9,11,13-14H,4-8,10H2,1-3H3,(H,17,21). The fourth-order valence-corrected chi connectivity index (χ4v) is 3.81. The first-order valence-corrected chi connectivity index (χ1v) is 8.39. The van der Waals surface area contributed by atoms with E-state index >= 15 is 0 Å². The molecule has 8 heteroatoms. The van der Waals surface area contributed by atoms with Crippen LogP contribution in [0.25, 0.3) is 0 Å². The number of ether oxygens (including phenoxy) is 3. The van der Waals surface area contributed by atoms with E-state index in [9.17, 15) is 4.79 Å². The van der Waals surface area contributed by atoms with Crippen molar-refractivity contribution in [2.45, 2.75) is 31.4 Å². The van der Waals surface area contributed by atoms with E-state index in [1.165, 1.54) is 7.11 Å². The van der Waals surface area contributed by atoms with Gasteiger partial charge in [-0.3, -0.25) is 4.68 Å². The smallest absolute Gasteiger partial charge is 0.322 e. The lowest BCUT2D eigenvalue weighted by atomic mass is 9.94. The zero-order valence-electron chi connectivity index (χ0n) is 14.5. The van der Waals surface area contributed by atoms with Crippen LogP contribution in [-0.4, -0.2) is 66.8 Å². The molecule has 134 valence electrons. The zero-order valence-corrected chi connectivity index (χ0v) is 14.5. The Balaban J connectivity index is 1.73. The third-order valence-corrected chi connectivity index (χ3v) is 4.96. The van der Waals surface area contributed by atoms with Crippen molar-refractivity contribution in [2.24, 2.45) is 13.0 Å². The Kier molecular flexibility index (Phi) is 5.25. The summed E-state index contributed by atoms with van der Waals surface area (Å²) >= 11 is 0. The Hall–Kier alpha value is -1.80. The summed E-state index contributed by atoms with van der Waals surface area (Å²) < 4.78 is 18.1. The van der Waals surface area contributed by atoms with E-state index in [0.717, 1.165) is 19.3 Å². The van der Waals surface area contributed by atoms with Crippen LogP contribution in [0.2, 0.25) is 0 Å². The van der Waals surface area contributed by atoms with Crippen LogP contribution in [0.3, 0.4) is 0 Å². The lowest BCUT2D eigenvalue weighted by Crippen LogP contribution is -2.55. The van der Waals surface area contributed by atoms with Crippen molar-refractivity contribution in [1.29, 1.82) is 0 Å². The lowest BCUT2D eigenvalue weighted by molar-refractivity contribution is -0.0379. The normalized spacial score (nSPS) is 27.3. The molecule has 2 aliphatic rings. The maximum Gasteiger partial charge on any atom is 0.322 e. The van der Waals surface area contributed by atoms with E-state index in [1.54, 1.807) is 25.0 Å². The van der Waals surface area contributed by atoms with Gasteiger partial charge in [-0.1, -0.05) is 6.42 Å². The molecule has 3 unspecified atom stereocenters. The van der Waals surface area contributed by atoms with E-state index in [2.05, 4.69) is 10.4 Å². The molecule has 3 rings (SSSR count). The average molecular weight is 338 g/mol. The molecule has 2 heterocycles. The van der Waals surface area contributed by atoms with Crippen LogP contribution in [0.4, 0.5) is 10.5 Å². The summed E-state index contributed by atoms with van der Waals surface area (Å²) in [5, 5.41) is 7.09. The van der Waals surface area contributed by atoms with Crippen LogP contribution < -0.4 is 10.1 Å². The Labute approximate surface area is 142 Å². The number of carbonyl (C=O) groups is 1. The second-order valence-electron chi connectivity index (χ2n) is 6.36. The molecule has 1 aromatic heterocycles. The number of rotatable bonds is 4. The summed E-state index contributed by atoms with van der Waals surface area (Å²) in [5.74, 6) is 0.725. The quantitative estimate of drug-likeness (QED) is 0.900. The highest BCUT2D eigenvalue weighted by Gasteiger charge is 2.40. The van der Waals surface area contributed by atoms with Crippen LogP contribution in [0, 0.1) is 5.92 Å². The molecule has 24 heavy (non-hydrogen) atoms. The molecule has 1 aliphatic carbocycles. The van der Waals surface area contributed by atoms with Crippen molar-refractivity contribution in [3.05, 3.63) is 6.20 Å². The number of nitrogens with one attached hydrogen (secondary N) is 1. The third kappa shape index (κ3) is 3.34. The second kappa shape index (κ2) is 7.40. The summed E-state index contributed by atoms with van der Waals surface area (Å²) in [6.07, 6.45) is 5.17. The van der Waals surface area contributed by atoms with Crippen molar-refractivity contribution in [2.75, 3.05) is 39.3 Å². The van der Waals surface area contributed by atoms with Gasteiger partial charge in [-0.2, -0.15) is 0 Å². The summed E-state index contributed by atoms with van der Waals surface area (Å²) in [6, 6.07) is -0.106. The van der Waals surface area contributed by atoms with Crippen molar-refractivity contribution in [1.82, 2.24) is 14.7 Å². The fraction of sp³-hybridized carbons (Fsp3) is 0.750. The number of morpholine rings is 1. The first kappa shape index (κ1) is 17.0. The van der Waals surface area contributed by atoms with Crippen LogP contribution >= 0.6 is 0 Å². The molecule has 0 radical (unpaired) electrons. The number of anilines is 1. The highest BCUT2D eigenvalue weighted by atomic mass is 16.5. The van der Waals surface area contributed by atoms with Crippen LogP contribution in [0.5, 0.6) is 5.88 Å². The predicted octanol–water partition coefficient (Wildman–Crippen LogP) is 1.48. The fourth-order valence-electron chi connectivity index (χ4n) is 3.81. The van der Waals surface area contributed by atoms with Crippen molar-refractivity contribution in [3.63, 3.8) is 0 Å². The van der Waals surface area contributed by atoms with Gasteiger partial charge >= 0.3 is 6.03 Å². The minimum atomic E-state index is -0.142. The van der Waals surface area contributed by atoms with E-state index in [-0.39, 0.29) is 18.2 Å². The SMILES string of the molecule is COc1nn(C)cc1NC(=O)N1CCOCC1C1CCCC1OC. The van der Waals surface area contributed by atoms with Crippen LogP contribution in [-0.2, 0) is 16.5 Å². The average Bonchev–Trinajstić information content (AvgIpc) is 3.20. The Morgan fingerprint density at radius 1 is 1.42 bits per heavy atom. The molecule has 1 aromatic rings. The lowest BCUT2D eigenvalue weighted by Gasteiger charge is -2.40. The Morgan fingerprint density at radius 2 is 2.25 bits per heavy atom. The third-order valence-electron chi connectivity index (χ3n) is 4.96. The Bertz CT molecular complexity index is 576. The first-order chi connectivity index (χ1) is 11.6. The second-order valence-corrected chi connectivity index (χ2v) is 6.36. The van der Waals surface area contributed by atoms with Gasteiger partial charge in [-0.15, -0.1) is 5.10 Å². The molecular formula is C16H26N4O4. The summed E-state index contributed by atoms with van der Waals surface area (Å²) in [7, 11) is 5.08.